The largest absolute Gasteiger partial charge is 0.298 e. The molecule has 0 saturated carbocycles. The van der Waals surface area contributed by atoms with Crippen LogP contribution in [0.4, 0.5) is 0 Å². The van der Waals surface area contributed by atoms with E-state index in [9.17, 15) is 13.2 Å². The number of rotatable bonds is 1. The van der Waals surface area contributed by atoms with Crippen molar-refractivity contribution in [3.05, 3.63) is 46.4 Å². The summed E-state index contributed by atoms with van der Waals surface area (Å²) in [6.45, 7) is 0. The normalized spacial score (nSPS) is 15.8. The van der Waals surface area contributed by atoms with Gasteiger partial charge >= 0.3 is 0 Å². The van der Waals surface area contributed by atoms with Gasteiger partial charge in [0.1, 0.15) is 4.91 Å². The fraction of sp³-hybridized carbons (Fsp3) is 0.100. The van der Waals surface area contributed by atoms with Crippen LogP contribution in [0, 0.1) is 0 Å². The summed E-state index contributed by atoms with van der Waals surface area (Å²) in [4.78, 5) is 11.1. The van der Waals surface area contributed by atoms with Gasteiger partial charge in [0.2, 0.25) is 5.78 Å². The number of ketones is 1. The van der Waals surface area contributed by atoms with Crippen molar-refractivity contribution < 1.29 is 17.8 Å². The van der Waals surface area contributed by atoms with Crippen LogP contribution >= 0.6 is 0 Å². The molecule has 0 aromatic heterocycles. The lowest BCUT2D eigenvalue weighted by Crippen LogP contribution is -2.18. The molecule has 78 valence electrons. The summed E-state index contributed by atoms with van der Waals surface area (Å²) in [5.74, 6) is -0.639. The SMILES string of the molecule is O=C1C(S(=O)(=O)O)=CCc2ccccc21. The smallest absolute Gasteiger partial charge is 0.288 e. The van der Waals surface area contributed by atoms with Crippen LogP contribution in [0.5, 0.6) is 0 Å². The molecule has 5 heteroatoms. The van der Waals surface area contributed by atoms with Gasteiger partial charge in [0.15, 0.2) is 0 Å². The molecule has 0 heterocycles. The van der Waals surface area contributed by atoms with Gasteiger partial charge in [-0.15, -0.1) is 0 Å². The fourth-order valence-corrected chi connectivity index (χ4v) is 2.21. The molecule has 0 aliphatic heterocycles. The Morgan fingerprint density at radius 3 is 2.53 bits per heavy atom. The van der Waals surface area contributed by atoms with Crippen LogP contribution in [0.25, 0.3) is 0 Å². The first kappa shape index (κ1) is 10.1. The zero-order valence-electron chi connectivity index (χ0n) is 7.67. The number of hydrogen-bond acceptors (Lipinski definition) is 3. The Bertz CT molecular complexity index is 555. The maximum absolute atomic E-state index is 11.7. The Kier molecular flexibility index (Phi) is 2.21. The Balaban J connectivity index is 2.56. The number of Topliss-reactive ketones (excluding diaryl/α,β-unsaturated/α-hetero) is 1. The van der Waals surface area contributed by atoms with Gasteiger partial charge in [-0.1, -0.05) is 30.3 Å². The lowest BCUT2D eigenvalue weighted by Gasteiger charge is -2.13. The van der Waals surface area contributed by atoms with Crippen LogP contribution < -0.4 is 0 Å². The van der Waals surface area contributed by atoms with Gasteiger partial charge in [-0.3, -0.25) is 9.35 Å². The van der Waals surface area contributed by atoms with E-state index in [0.717, 1.165) is 5.56 Å². The molecule has 2 rings (SSSR count). The van der Waals surface area contributed by atoms with Gasteiger partial charge < -0.3 is 0 Å². The van der Waals surface area contributed by atoms with Crippen LogP contribution in [0.3, 0.4) is 0 Å². The first-order valence-electron chi connectivity index (χ1n) is 4.30. The van der Waals surface area contributed by atoms with Crippen molar-refractivity contribution in [1.82, 2.24) is 0 Å². The molecule has 1 aliphatic rings. The van der Waals surface area contributed by atoms with Crippen molar-refractivity contribution in [2.24, 2.45) is 0 Å². The number of carbonyl (C=O) groups is 1. The highest BCUT2D eigenvalue weighted by Crippen LogP contribution is 2.23. The highest BCUT2D eigenvalue weighted by Gasteiger charge is 2.28. The van der Waals surface area contributed by atoms with E-state index in [0.29, 0.717) is 12.0 Å². The first-order chi connectivity index (χ1) is 7.00. The molecular weight excluding hydrogens is 216 g/mol. The zero-order valence-corrected chi connectivity index (χ0v) is 8.49. The predicted octanol–water partition coefficient (Wildman–Crippen LogP) is 1.20. The van der Waals surface area contributed by atoms with Crippen molar-refractivity contribution in [2.45, 2.75) is 6.42 Å². The lowest BCUT2D eigenvalue weighted by atomic mass is 9.96. The van der Waals surface area contributed by atoms with Crippen molar-refractivity contribution in [1.29, 1.82) is 0 Å². The number of allylic oxidation sites excluding steroid dienone is 2. The summed E-state index contributed by atoms with van der Waals surface area (Å²) in [6, 6.07) is 6.74. The molecule has 0 radical (unpaired) electrons. The molecule has 1 N–H and O–H groups in total. The quantitative estimate of drug-likeness (QED) is 0.727. The first-order valence-corrected chi connectivity index (χ1v) is 5.74. The summed E-state index contributed by atoms with van der Waals surface area (Å²) in [5.41, 5.74) is 1.11. The molecule has 15 heavy (non-hydrogen) atoms. The summed E-state index contributed by atoms with van der Waals surface area (Å²) in [5, 5.41) is 0. The summed E-state index contributed by atoms with van der Waals surface area (Å²) in [6.07, 6.45) is 1.58. The molecule has 0 fully saturated rings. The van der Waals surface area contributed by atoms with Gasteiger partial charge in [0.25, 0.3) is 10.1 Å². The topological polar surface area (TPSA) is 71.4 Å². The molecular formula is C10H8O4S. The highest BCUT2D eigenvalue weighted by molar-refractivity contribution is 7.90. The van der Waals surface area contributed by atoms with E-state index in [4.69, 9.17) is 4.55 Å². The molecule has 4 nitrogen and oxygen atoms in total. The second kappa shape index (κ2) is 3.29. The van der Waals surface area contributed by atoms with Gasteiger partial charge in [-0.25, -0.2) is 0 Å². The number of fused-ring (bicyclic) bond motifs is 1. The second-order valence-corrected chi connectivity index (χ2v) is 4.62. The van der Waals surface area contributed by atoms with Crippen LogP contribution in [0.2, 0.25) is 0 Å². The highest BCUT2D eigenvalue weighted by atomic mass is 32.2. The predicted molar refractivity (Wildman–Crippen MR) is 54.1 cm³/mol. The standard InChI is InChI=1S/C10H8O4S/c11-10-8-4-2-1-3-7(8)5-6-9(10)15(12,13)14/h1-4,6H,5H2,(H,12,13,14). The van der Waals surface area contributed by atoms with Crippen molar-refractivity contribution >= 4 is 15.9 Å². The van der Waals surface area contributed by atoms with Crippen LogP contribution in [-0.2, 0) is 16.5 Å². The second-order valence-electron chi connectivity index (χ2n) is 3.23. The van der Waals surface area contributed by atoms with Gasteiger partial charge in [-0.2, -0.15) is 8.42 Å². The monoisotopic (exact) mass is 224 g/mol. The molecule has 0 amide bonds. The Labute approximate surface area is 87.0 Å². The van der Waals surface area contributed by atoms with E-state index in [1.165, 1.54) is 6.08 Å². The third-order valence-electron chi connectivity index (χ3n) is 2.27. The van der Waals surface area contributed by atoms with Crippen molar-refractivity contribution in [3.63, 3.8) is 0 Å². The molecule has 0 atom stereocenters. The Morgan fingerprint density at radius 2 is 1.87 bits per heavy atom. The molecule has 1 aromatic rings. The average Bonchev–Trinajstić information content (AvgIpc) is 2.16. The molecule has 1 aromatic carbocycles. The minimum atomic E-state index is -4.41. The molecule has 0 spiro atoms. The van der Waals surface area contributed by atoms with E-state index < -0.39 is 20.8 Å². The third kappa shape index (κ3) is 1.71. The fourth-order valence-electron chi connectivity index (χ4n) is 1.57. The Hall–Kier alpha value is -1.46. The van der Waals surface area contributed by atoms with Crippen molar-refractivity contribution in [2.75, 3.05) is 0 Å². The molecule has 0 unspecified atom stereocenters. The molecule has 1 aliphatic carbocycles. The molecule has 0 saturated heterocycles. The number of hydrogen-bond donors (Lipinski definition) is 1. The van der Waals surface area contributed by atoms with E-state index in [1.54, 1.807) is 24.3 Å². The van der Waals surface area contributed by atoms with E-state index in [1.807, 2.05) is 0 Å². The summed E-state index contributed by atoms with van der Waals surface area (Å²) < 4.78 is 30.6. The van der Waals surface area contributed by atoms with Crippen molar-refractivity contribution in [3.8, 4) is 0 Å². The zero-order chi connectivity index (χ0) is 11.1. The van der Waals surface area contributed by atoms with Crippen LogP contribution in [0.1, 0.15) is 15.9 Å². The molecule has 0 bridgehead atoms. The summed E-state index contributed by atoms with van der Waals surface area (Å²) in [7, 11) is -4.41. The van der Waals surface area contributed by atoms with Gasteiger partial charge in [0.05, 0.1) is 0 Å². The van der Waals surface area contributed by atoms with E-state index >= 15 is 0 Å². The number of carbonyl (C=O) groups excluding carboxylic acids is 1. The minimum absolute atomic E-state index is 0.340. The van der Waals surface area contributed by atoms with Crippen LogP contribution in [0.15, 0.2) is 35.2 Å². The Morgan fingerprint density at radius 1 is 1.20 bits per heavy atom. The average molecular weight is 224 g/mol. The van der Waals surface area contributed by atoms with Crippen LogP contribution in [-0.4, -0.2) is 18.8 Å². The summed E-state index contributed by atoms with van der Waals surface area (Å²) >= 11 is 0. The lowest BCUT2D eigenvalue weighted by molar-refractivity contribution is 0.103. The maximum Gasteiger partial charge on any atom is 0.298 e. The number of benzene rings is 1. The maximum atomic E-state index is 11.7. The van der Waals surface area contributed by atoms with Gasteiger partial charge in [0, 0.05) is 5.56 Å². The van der Waals surface area contributed by atoms with E-state index in [-0.39, 0.29) is 0 Å². The third-order valence-corrected chi connectivity index (χ3v) is 3.18. The minimum Gasteiger partial charge on any atom is -0.288 e. The van der Waals surface area contributed by atoms with E-state index in [2.05, 4.69) is 0 Å². The van der Waals surface area contributed by atoms with Gasteiger partial charge in [-0.05, 0) is 12.0 Å².